The summed E-state index contributed by atoms with van der Waals surface area (Å²) in [6.45, 7) is 1.76. The standard InChI is InChI=1S/C13H15F2NO2/c14-11-9(6-8-2-1-5-16-7-8)3-4-10(12(11)15)13(17)18/h3-4,8,16H,1-2,5-7H2,(H,17,18). The van der Waals surface area contributed by atoms with Gasteiger partial charge in [0, 0.05) is 0 Å². The molecular formula is C13H15F2NO2. The number of benzene rings is 1. The predicted molar refractivity (Wildman–Crippen MR) is 62.6 cm³/mol. The molecule has 0 aromatic heterocycles. The van der Waals surface area contributed by atoms with Gasteiger partial charge in [0.2, 0.25) is 0 Å². The van der Waals surface area contributed by atoms with Gasteiger partial charge < -0.3 is 10.4 Å². The second kappa shape index (κ2) is 5.44. The number of carbonyl (C=O) groups is 1. The Hall–Kier alpha value is -1.49. The topological polar surface area (TPSA) is 49.3 Å². The van der Waals surface area contributed by atoms with Gasteiger partial charge in [0.05, 0.1) is 5.56 Å². The van der Waals surface area contributed by atoms with Crippen molar-refractivity contribution in [3.05, 3.63) is 34.9 Å². The van der Waals surface area contributed by atoms with Gasteiger partial charge in [-0.3, -0.25) is 0 Å². The van der Waals surface area contributed by atoms with Crippen LogP contribution in [0.2, 0.25) is 0 Å². The first kappa shape index (κ1) is 13.0. The second-order valence-electron chi connectivity index (χ2n) is 4.62. The Kier molecular flexibility index (Phi) is 3.91. The van der Waals surface area contributed by atoms with Crippen molar-refractivity contribution < 1.29 is 18.7 Å². The van der Waals surface area contributed by atoms with Gasteiger partial charge >= 0.3 is 5.97 Å². The van der Waals surface area contributed by atoms with E-state index in [1.54, 1.807) is 0 Å². The molecule has 1 aliphatic heterocycles. The summed E-state index contributed by atoms with van der Waals surface area (Å²) in [5.41, 5.74) is -0.357. The van der Waals surface area contributed by atoms with Gasteiger partial charge in [0.15, 0.2) is 11.6 Å². The fraction of sp³-hybridized carbons (Fsp3) is 0.462. The lowest BCUT2D eigenvalue weighted by molar-refractivity contribution is 0.0690. The number of hydrogen-bond donors (Lipinski definition) is 2. The van der Waals surface area contributed by atoms with Crippen LogP contribution in [0.3, 0.4) is 0 Å². The van der Waals surface area contributed by atoms with E-state index in [-0.39, 0.29) is 11.5 Å². The van der Waals surface area contributed by atoms with Crippen molar-refractivity contribution in [3.63, 3.8) is 0 Å². The van der Waals surface area contributed by atoms with E-state index in [9.17, 15) is 13.6 Å². The largest absolute Gasteiger partial charge is 0.478 e. The normalized spacial score (nSPS) is 19.8. The summed E-state index contributed by atoms with van der Waals surface area (Å²) in [4.78, 5) is 10.7. The highest BCUT2D eigenvalue weighted by Gasteiger charge is 2.21. The van der Waals surface area contributed by atoms with Crippen LogP contribution in [-0.2, 0) is 6.42 Å². The second-order valence-corrected chi connectivity index (χ2v) is 4.62. The van der Waals surface area contributed by atoms with Gasteiger partial charge in [0.1, 0.15) is 0 Å². The van der Waals surface area contributed by atoms with Gasteiger partial charge in [-0.1, -0.05) is 6.07 Å². The summed E-state index contributed by atoms with van der Waals surface area (Å²) in [5, 5.41) is 11.9. The molecule has 0 saturated carbocycles. The number of hydrogen-bond acceptors (Lipinski definition) is 2. The van der Waals surface area contributed by atoms with Crippen molar-refractivity contribution in [1.82, 2.24) is 5.32 Å². The quantitative estimate of drug-likeness (QED) is 0.870. The molecule has 2 rings (SSSR count). The molecule has 0 radical (unpaired) electrons. The maximum absolute atomic E-state index is 13.7. The molecule has 1 unspecified atom stereocenters. The SMILES string of the molecule is O=C(O)c1ccc(CC2CCCNC2)c(F)c1F. The molecule has 0 spiro atoms. The molecule has 1 aliphatic rings. The van der Waals surface area contributed by atoms with Crippen molar-refractivity contribution in [3.8, 4) is 0 Å². The smallest absolute Gasteiger partial charge is 0.338 e. The Morgan fingerprint density at radius 1 is 1.39 bits per heavy atom. The van der Waals surface area contributed by atoms with E-state index in [2.05, 4.69) is 5.32 Å². The first-order valence-electron chi connectivity index (χ1n) is 6.00. The van der Waals surface area contributed by atoms with E-state index in [4.69, 9.17) is 5.11 Å². The van der Waals surface area contributed by atoms with Gasteiger partial charge in [-0.15, -0.1) is 0 Å². The lowest BCUT2D eigenvalue weighted by Crippen LogP contribution is -2.31. The summed E-state index contributed by atoms with van der Waals surface area (Å²) in [5.74, 6) is -3.45. The van der Waals surface area contributed by atoms with Gasteiger partial charge in [-0.2, -0.15) is 0 Å². The van der Waals surface area contributed by atoms with Crippen molar-refractivity contribution in [2.75, 3.05) is 13.1 Å². The van der Waals surface area contributed by atoms with E-state index in [1.165, 1.54) is 6.07 Å². The predicted octanol–water partition coefficient (Wildman–Crippen LogP) is 2.21. The van der Waals surface area contributed by atoms with Gasteiger partial charge in [-0.25, -0.2) is 13.6 Å². The van der Waals surface area contributed by atoms with Gasteiger partial charge in [0.25, 0.3) is 0 Å². The Labute approximate surface area is 104 Å². The van der Waals surface area contributed by atoms with Crippen LogP contribution in [0.5, 0.6) is 0 Å². The summed E-state index contributed by atoms with van der Waals surface area (Å²) in [6, 6.07) is 2.50. The zero-order chi connectivity index (χ0) is 13.1. The van der Waals surface area contributed by atoms with E-state index < -0.39 is 23.2 Å². The molecule has 1 fully saturated rings. The summed E-state index contributed by atoms with van der Waals surface area (Å²) < 4.78 is 27.2. The Morgan fingerprint density at radius 2 is 2.17 bits per heavy atom. The molecule has 2 N–H and O–H groups in total. The van der Waals surface area contributed by atoms with Crippen LogP contribution in [0, 0.1) is 17.6 Å². The minimum Gasteiger partial charge on any atom is -0.478 e. The third-order valence-electron chi connectivity index (χ3n) is 3.30. The first-order chi connectivity index (χ1) is 8.59. The van der Waals surface area contributed by atoms with E-state index >= 15 is 0 Å². The highest BCUT2D eigenvalue weighted by atomic mass is 19.2. The zero-order valence-electron chi connectivity index (χ0n) is 9.88. The molecule has 1 aromatic rings. The third kappa shape index (κ3) is 2.67. The van der Waals surface area contributed by atoms with E-state index in [0.717, 1.165) is 32.0 Å². The van der Waals surface area contributed by atoms with Crippen LogP contribution >= 0.6 is 0 Å². The molecule has 0 bridgehead atoms. The lowest BCUT2D eigenvalue weighted by Gasteiger charge is -2.23. The van der Waals surface area contributed by atoms with Crippen LogP contribution in [0.1, 0.15) is 28.8 Å². The van der Waals surface area contributed by atoms with Crippen molar-refractivity contribution in [2.45, 2.75) is 19.3 Å². The van der Waals surface area contributed by atoms with Crippen molar-refractivity contribution in [2.24, 2.45) is 5.92 Å². The molecule has 0 amide bonds. The molecule has 98 valence electrons. The Morgan fingerprint density at radius 3 is 2.78 bits per heavy atom. The van der Waals surface area contributed by atoms with Crippen molar-refractivity contribution >= 4 is 5.97 Å². The van der Waals surface area contributed by atoms with Crippen LogP contribution in [0.4, 0.5) is 8.78 Å². The van der Waals surface area contributed by atoms with Crippen LogP contribution in [0.15, 0.2) is 12.1 Å². The van der Waals surface area contributed by atoms with Crippen molar-refractivity contribution in [1.29, 1.82) is 0 Å². The number of nitrogens with one attached hydrogen (secondary N) is 1. The molecule has 0 aliphatic carbocycles. The fourth-order valence-corrected chi connectivity index (χ4v) is 2.32. The molecular weight excluding hydrogens is 240 g/mol. The molecule has 1 heterocycles. The van der Waals surface area contributed by atoms with E-state index in [1.807, 2.05) is 0 Å². The average molecular weight is 255 g/mol. The molecule has 1 aromatic carbocycles. The first-order valence-corrected chi connectivity index (χ1v) is 6.00. The third-order valence-corrected chi connectivity index (χ3v) is 3.30. The number of rotatable bonds is 3. The monoisotopic (exact) mass is 255 g/mol. The minimum atomic E-state index is -1.45. The summed E-state index contributed by atoms with van der Waals surface area (Å²) in [7, 11) is 0. The highest BCUT2D eigenvalue weighted by Crippen LogP contribution is 2.22. The highest BCUT2D eigenvalue weighted by molar-refractivity contribution is 5.88. The average Bonchev–Trinajstić information content (AvgIpc) is 2.36. The number of halogens is 2. The Balaban J connectivity index is 2.18. The van der Waals surface area contributed by atoms with E-state index in [0.29, 0.717) is 6.42 Å². The van der Waals surface area contributed by atoms with Gasteiger partial charge in [-0.05, 0) is 49.9 Å². The summed E-state index contributed by atoms with van der Waals surface area (Å²) >= 11 is 0. The molecule has 1 saturated heterocycles. The maximum atomic E-state index is 13.7. The molecule has 1 atom stereocenters. The number of piperidine rings is 1. The van der Waals surface area contributed by atoms with Crippen LogP contribution in [-0.4, -0.2) is 24.2 Å². The zero-order valence-corrected chi connectivity index (χ0v) is 9.88. The maximum Gasteiger partial charge on any atom is 0.338 e. The summed E-state index contributed by atoms with van der Waals surface area (Å²) in [6.07, 6.45) is 2.45. The molecule has 3 nitrogen and oxygen atoms in total. The Bertz CT molecular complexity index is 457. The number of carboxylic acid groups (broad SMARTS) is 1. The number of carboxylic acids is 1. The fourth-order valence-electron chi connectivity index (χ4n) is 2.32. The molecule has 18 heavy (non-hydrogen) atoms. The minimum absolute atomic E-state index is 0.256. The molecule has 5 heteroatoms. The van der Waals surface area contributed by atoms with Crippen LogP contribution < -0.4 is 5.32 Å². The lowest BCUT2D eigenvalue weighted by atomic mass is 9.91. The van der Waals surface area contributed by atoms with Crippen LogP contribution in [0.25, 0.3) is 0 Å². The number of aromatic carboxylic acids is 1.